The SMILES string of the molecule is CCCN(CC1CC1)C(=N)C1CCCC1. The minimum Gasteiger partial charge on any atom is -0.360 e. The van der Waals surface area contributed by atoms with Gasteiger partial charge >= 0.3 is 0 Å². The van der Waals surface area contributed by atoms with Gasteiger partial charge in [0.15, 0.2) is 0 Å². The molecule has 0 atom stereocenters. The van der Waals surface area contributed by atoms with Gasteiger partial charge in [0.2, 0.25) is 0 Å². The van der Waals surface area contributed by atoms with Crippen LogP contribution in [-0.4, -0.2) is 23.8 Å². The van der Waals surface area contributed by atoms with Gasteiger partial charge in [-0.1, -0.05) is 19.8 Å². The molecule has 2 aliphatic carbocycles. The summed E-state index contributed by atoms with van der Waals surface area (Å²) in [5.41, 5.74) is 0. The molecule has 2 aliphatic rings. The summed E-state index contributed by atoms with van der Waals surface area (Å²) in [6.45, 7) is 4.50. The first-order valence-corrected chi connectivity index (χ1v) is 6.64. The van der Waals surface area contributed by atoms with E-state index in [1.165, 1.54) is 51.5 Å². The summed E-state index contributed by atoms with van der Waals surface area (Å²) in [7, 11) is 0. The molecule has 0 aromatic carbocycles. The van der Waals surface area contributed by atoms with Crippen molar-refractivity contribution in [2.24, 2.45) is 11.8 Å². The molecule has 2 rings (SSSR count). The number of nitrogens with zero attached hydrogens (tertiary/aromatic N) is 1. The average Bonchev–Trinajstić information content (AvgIpc) is 2.88. The Balaban J connectivity index is 1.86. The molecule has 0 heterocycles. The van der Waals surface area contributed by atoms with Crippen LogP contribution in [0.15, 0.2) is 0 Å². The zero-order valence-electron chi connectivity index (χ0n) is 9.97. The summed E-state index contributed by atoms with van der Waals surface area (Å²) < 4.78 is 0. The molecular weight excluding hydrogens is 184 g/mol. The van der Waals surface area contributed by atoms with Crippen molar-refractivity contribution in [1.29, 1.82) is 5.41 Å². The first-order valence-electron chi connectivity index (χ1n) is 6.64. The zero-order chi connectivity index (χ0) is 10.7. The lowest BCUT2D eigenvalue weighted by Gasteiger charge is -2.28. The third kappa shape index (κ3) is 2.96. The number of hydrogen-bond acceptors (Lipinski definition) is 1. The van der Waals surface area contributed by atoms with E-state index in [4.69, 9.17) is 5.41 Å². The molecule has 0 aromatic heterocycles. The fourth-order valence-corrected chi connectivity index (χ4v) is 2.65. The van der Waals surface area contributed by atoms with Crippen LogP contribution in [0.5, 0.6) is 0 Å². The summed E-state index contributed by atoms with van der Waals surface area (Å²) >= 11 is 0. The van der Waals surface area contributed by atoms with E-state index in [-0.39, 0.29) is 0 Å². The van der Waals surface area contributed by atoms with Crippen LogP contribution in [0.1, 0.15) is 51.9 Å². The van der Waals surface area contributed by atoms with E-state index in [9.17, 15) is 0 Å². The molecule has 1 N–H and O–H groups in total. The maximum atomic E-state index is 8.29. The van der Waals surface area contributed by atoms with E-state index in [0.717, 1.165) is 18.3 Å². The third-order valence-corrected chi connectivity index (χ3v) is 3.75. The fourth-order valence-electron chi connectivity index (χ4n) is 2.65. The highest BCUT2D eigenvalue weighted by Crippen LogP contribution is 2.32. The third-order valence-electron chi connectivity index (χ3n) is 3.75. The lowest BCUT2D eigenvalue weighted by atomic mass is 10.1. The summed E-state index contributed by atoms with van der Waals surface area (Å²) in [5.74, 6) is 2.47. The van der Waals surface area contributed by atoms with Crippen molar-refractivity contribution in [2.45, 2.75) is 51.9 Å². The van der Waals surface area contributed by atoms with Gasteiger partial charge in [0, 0.05) is 19.0 Å². The summed E-state index contributed by atoms with van der Waals surface area (Å²) in [5, 5.41) is 8.29. The van der Waals surface area contributed by atoms with Gasteiger partial charge in [-0.15, -0.1) is 0 Å². The van der Waals surface area contributed by atoms with Gasteiger partial charge in [0.25, 0.3) is 0 Å². The van der Waals surface area contributed by atoms with Gasteiger partial charge in [-0.05, 0) is 38.0 Å². The number of nitrogens with one attached hydrogen (secondary N) is 1. The predicted molar refractivity (Wildman–Crippen MR) is 64.3 cm³/mol. The molecule has 0 unspecified atom stereocenters. The Morgan fingerprint density at radius 3 is 2.40 bits per heavy atom. The van der Waals surface area contributed by atoms with Gasteiger partial charge in [-0.3, -0.25) is 5.41 Å². The second-order valence-electron chi connectivity index (χ2n) is 5.26. The van der Waals surface area contributed by atoms with Gasteiger partial charge in [0.1, 0.15) is 0 Å². The van der Waals surface area contributed by atoms with Crippen LogP contribution in [0.3, 0.4) is 0 Å². The van der Waals surface area contributed by atoms with E-state index in [0.29, 0.717) is 5.92 Å². The molecule has 86 valence electrons. The zero-order valence-corrected chi connectivity index (χ0v) is 9.97. The first-order chi connectivity index (χ1) is 7.31. The van der Waals surface area contributed by atoms with E-state index in [2.05, 4.69) is 11.8 Å². The van der Waals surface area contributed by atoms with Gasteiger partial charge in [-0.25, -0.2) is 0 Å². The molecule has 0 bridgehead atoms. The summed E-state index contributed by atoms with van der Waals surface area (Å²) in [4.78, 5) is 2.37. The van der Waals surface area contributed by atoms with Crippen molar-refractivity contribution in [3.05, 3.63) is 0 Å². The second kappa shape index (κ2) is 5.00. The Hall–Kier alpha value is -0.530. The van der Waals surface area contributed by atoms with Crippen LogP contribution < -0.4 is 0 Å². The molecule has 2 saturated carbocycles. The molecule has 2 nitrogen and oxygen atoms in total. The molecule has 0 aliphatic heterocycles. The monoisotopic (exact) mass is 208 g/mol. The quantitative estimate of drug-likeness (QED) is 0.545. The Labute approximate surface area is 93.6 Å². The standard InChI is InChI=1S/C13H24N2/c1-2-9-15(10-11-7-8-11)13(14)12-5-3-4-6-12/h11-12,14H,2-10H2,1H3. The van der Waals surface area contributed by atoms with E-state index >= 15 is 0 Å². The van der Waals surface area contributed by atoms with Crippen LogP contribution in [0.2, 0.25) is 0 Å². The molecular formula is C13H24N2. The second-order valence-corrected chi connectivity index (χ2v) is 5.26. The topological polar surface area (TPSA) is 27.1 Å². The fraction of sp³-hybridized carbons (Fsp3) is 0.923. The highest BCUT2D eigenvalue weighted by Gasteiger charge is 2.28. The first kappa shape index (κ1) is 11.0. The highest BCUT2D eigenvalue weighted by molar-refractivity contribution is 5.81. The molecule has 0 spiro atoms. The Morgan fingerprint density at radius 1 is 1.20 bits per heavy atom. The minimum atomic E-state index is 0.593. The molecule has 0 amide bonds. The van der Waals surface area contributed by atoms with Crippen LogP contribution >= 0.6 is 0 Å². The van der Waals surface area contributed by atoms with E-state index in [1.54, 1.807) is 0 Å². The van der Waals surface area contributed by atoms with Gasteiger partial charge in [0.05, 0.1) is 5.84 Å². The maximum absolute atomic E-state index is 8.29. The normalized spacial score (nSPS) is 21.9. The van der Waals surface area contributed by atoms with Crippen LogP contribution in [0.4, 0.5) is 0 Å². The van der Waals surface area contributed by atoms with Crippen molar-refractivity contribution in [3.63, 3.8) is 0 Å². The lowest BCUT2D eigenvalue weighted by Crippen LogP contribution is -2.36. The number of rotatable bonds is 5. The molecule has 15 heavy (non-hydrogen) atoms. The Bertz CT molecular complexity index is 215. The molecule has 0 aromatic rings. The van der Waals surface area contributed by atoms with Crippen molar-refractivity contribution in [1.82, 2.24) is 4.90 Å². The van der Waals surface area contributed by atoms with Crippen LogP contribution in [0.25, 0.3) is 0 Å². The molecule has 0 saturated heterocycles. The predicted octanol–water partition coefficient (Wildman–Crippen LogP) is 3.28. The van der Waals surface area contributed by atoms with Gasteiger partial charge in [-0.2, -0.15) is 0 Å². The summed E-state index contributed by atoms with van der Waals surface area (Å²) in [6.07, 6.45) is 9.21. The lowest BCUT2D eigenvalue weighted by molar-refractivity contribution is 0.373. The van der Waals surface area contributed by atoms with E-state index in [1.807, 2.05) is 0 Å². The molecule has 2 heteroatoms. The highest BCUT2D eigenvalue weighted by atomic mass is 15.2. The Morgan fingerprint density at radius 2 is 1.87 bits per heavy atom. The van der Waals surface area contributed by atoms with Gasteiger partial charge < -0.3 is 4.90 Å². The minimum absolute atomic E-state index is 0.593. The van der Waals surface area contributed by atoms with Crippen LogP contribution in [0, 0.1) is 17.2 Å². The largest absolute Gasteiger partial charge is 0.360 e. The molecule has 0 radical (unpaired) electrons. The number of amidine groups is 1. The van der Waals surface area contributed by atoms with Crippen molar-refractivity contribution in [3.8, 4) is 0 Å². The average molecular weight is 208 g/mol. The smallest absolute Gasteiger partial charge is 0.0989 e. The number of hydrogen-bond donors (Lipinski definition) is 1. The summed E-state index contributed by atoms with van der Waals surface area (Å²) in [6, 6.07) is 0. The van der Waals surface area contributed by atoms with Crippen molar-refractivity contribution >= 4 is 5.84 Å². The Kier molecular flexibility index (Phi) is 3.66. The van der Waals surface area contributed by atoms with E-state index < -0.39 is 0 Å². The van der Waals surface area contributed by atoms with Crippen molar-refractivity contribution < 1.29 is 0 Å². The maximum Gasteiger partial charge on any atom is 0.0989 e. The van der Waals surface area contributed by atoms with Crippen molar-refractivity contribution in [2.75, 3.05) is 13.1 Å². The van der Waals surface area contributed by atoms with Crippen LogP contribution in [-0.2, 0) is 0 Å². The molecule has 2 fully saturated rings.